The van der Waals surface area contributed by atoms with Gasteiger partial charge in [0, 0.05) is 33.6 Å². The predicted molar refractivity (Wildman–Crippen MR) is 81.4 cm³/mol. The average Bonchev–Trinajstić information content (AvgIpc) is 2.27. The molecule has 0 saturated carbocycles. The highest BCUT2D eigenvalue weighted by molar-refractivity contribution is 9.10. The summed E-state index contributed by atoms with van der Waals surface area (Å²) in [6.45, 7) is 7.00. The van der Waals surface area contributed by atoms with Gasteiger partial charge in [0.15, 0.2) is 5.78 Å². The minimum atomic E-state index is 0.203. The van der Waals surface area contributed by atoms with Gasteiger partial charge in [-0.25, -0.2) is 0 Å². The van der Waals surface area contributed by atoms with Gasteiger partial charge in [0.2, 0.25) is 0 Å². The SMILES string of the molecule is CC1CN(CC(=O)c2ccccc2Br)CC(C)S1. The number of nitrogens with zero attached hydrogens (tertiary/aromatic N) is 1. The Hall–Kier alpha value is -0.320. The van der Waals surface area contributed by atoms with Crippen LogP contribution in [0.2, 0.25) is 0 Å². The molecule has 2 nitrogen and oxygen atoms in total. The molecular weight excluding hydrogens is 310 g/mol. The van der Waals surface area contributed by atoms with Crippen LogP contribution in [0.5, 0.6) is 0 Å². The molecule has 0 N–H and O–H groups in total. The van der Waals surface area contributed by atoms with Crippen molar-refractivity contribution in [1.29, 1.82) is 0 Å². The minimum absolute atomic E-state index is 0.203. The van der Waals surface area contributed by atoms with Crippen LogP contribution in [0.15, 0.2) is 28.7 Å². The van der Waals surface area contributed by atoms with E-state index in [9.17, 15) is 4.79 Å². The molecule has 2 unspecified atom stereocenters. The topological polar surface area (TPSA) is 20.3 Å². The fraction of sp³-hybridized carbons (Fsp3) is 0.500. The molecule has 4 heteroatoms. The van der Waals surface area contributed by atoms with E-state index in [0.29, 0.717) is 17.0 Å². The second-order valence-electron chi connectivity index (χ2n) is 4.85. The first-order chi connectivity index (χ1) is 8.56. The average molecular weight is 328 g/mol. The van der Waals surface area contributed by atoms with Gasteiger partial charge in [-0.1, -0.05) is 48.0 Å². The van der Waals surface area contributed by atoms with E-state index in [4.69, 9.17) is 0 Å². The first-order valence-electron chi connectivity index (χ1n) is 6.22. The van der Waals surface area contributed by atoms with Gasteiger partial charge in [0.1, 0.15) is 0 Å². The van der Waals surface area contributed by atoms with Crippen molar-refractivity contribution in [2.24, 2.45) is 0 Å². The van der Waals surface area contributed by atoms with Crippen LogP contribution in [0.1, 0.15) is 24.2 Å². The van der Waals surface area contributed by atoms with Gasteiger partial charge in [0.25, 0.3) is 0 Å². The number of carbonyl (C=O) groups is 1. The summed E-state index contributed by atoms with van der Waals surface area (Å²) in [6, 6.07) is 7.65. The molecule has 0 amide bonds. The number of rotatable bonds is 3. The van der Waals surface area contributed by atoms with Crippen molar-refractivity contribution in [3.05, 3.63) is 34.3 Å². The lowest BCUT2D eigenvalue weighted by Gasteiger charge is -2.34. The molecule has 1 aromatic carbocycles. The number of ketones is 1. The molecule has 1 fully saturated rings. The quantitative estimate of drug-likeness (QED) is 0.793. The summed E-state index contributed by atoms with van der Waals surface area (Å²) in [6.07, 6.45) is 0. The Morgan fingerprint density at radius 2 is 1.94 bits per heavy atom. The van der Waals surface area contributed by atoms with Gasteiger partial charge in [-0.3, -0.25) is 9.69 Å². The third-order valence-corrected chi connectivity index (χ3v) is 4.96. The molecule has 0 radical (unpaired) electrons. The van der Waals surface area contributed by atoms with Crippen molar-refractivity contribution in [3.8, 4) is 0 Å². The monoisotopic (exact) mass is 327 g/mol. The zero-order valence-corrected chi connectivity index (χ0v) is 13.1. The van der Waals surface area contributed by atoms with Crippen molar-refractivity contribution in [2.45, 2.75) is 24.3 Å². The Balaban J connectivity index is 2.01. The fourth-order valence-corrected chi connectivity index (χ4v) is 4.28. The van der Waals surface area contributed by atoms with Crippen molar-refractivity contribution >= 4 is 33.5 Å². The summed E-state index contributed by atoms with van der Waals surface area (Å²) in [7, 11) is 0. The molecule has 18 heavy (non-hydrogen) atoms. The predicted octanol–water partition coefficient (Wildman–Crippen LogP) is 3.46. The summed E-state index contributed by atoms with van der Waals surface area (Å²) in [5.74, 6) is 0.203. The third-order valence-electron chi connectivity index (χ3n) is 3.04. The molecule has 2 atom stereocenters. The number of benzene rings is 1. The van der Waals surface area contributed by atoms with Crippen LogP contribution in [0.3, 0.4) is 0 Å². The normalized spacial score (nSPS) is 25.1. The van der Waals surface area contributed by atoms with Crippen LogP contribution in [0, 0.1) is 0 Å². The molecule has 0 bridgehead atoms. The zero-order valence-electron chi connectivity index (χ0n) is 10.7. The van der Waals surface area contributed by atoms with Gasteiger partial charge in [-0.05, 0) is 6.07 Å². The largest absolute Gasteiger partial charge is 0.294 e. The van der Waals surface area contributed by atoms with Gasteiger partial charge in [-0.2, -0.15) is 11.8 Å². The van der Waals surface area contributed by atoms with Crippen molar-refractivity contribution < 1.29 is 4.79 Å². The number of halogens is 1. The Morgan fingerprint density at radius 1 is 1.33 bits per heavy atom. The maximum atomic E-state index is 12.3. The van der Waals surface area contributed by atoms with E-state index in [2.05, 4.69) is 34.7 Å². The second-order valence-corrected chi connectivity index (χ2v) is 7.59. The van der Waals surface area contributed by atoms with Crippen LogP contribution in [0.25, 0.3) is 0 Å². The van der Waals surface area contributed by atoms with E-state index in [1.807, 2.05) is 36.0 Å². The van der Waals surface area contributed by atoms with Crippen LogP contribution in [0.4, 0.5) is 0 Å². The van der Waals surface area contributed by atoms with Crippen LogP contribution in [-0.2, 0) is 0 Å². The standard InChI is InChI=1S/C14H18BrNOS/c1-10-7-16(8-11(2)18-10)9-14(17)12-5-3-4-6-13(12)15/h3-6,10-11H,7-9H2,1-2H3. The van der Waals surface area contributed by atoms with E-state index in [1.54, 1.807) is 0 Å². The van der Waals surface area contributed by atoms with E-state index < -0.39 is 0 Å². The summed E-state index contributed by atoms with van der Waals surface area (Å²) < 4.78 is 0.891. The Kier molecular flexibility index (Phi) is 4.87. The molecule has 1 heterocycles. The summed E-state index contributed by atoms with van der Waals surface area (Å²) in [4.78, 5) is 14.5. The fourth-order valence-electron chi connectivity index (χ4n) is 2.39. The smallest absolute Gasteiger partial charge is 0.177 e. The number of carbonyl (C=O) groups excluding carboxylic acids is 1. The van der Waals surface area contributed by atoms with E-state index >= 15 is 0 Å². The number of hydrogen-bond donors (Lipinski definition) is 0. The highest BCUT2D eigenvalue weighted by Crippen LogP contribution is 2.25. The van der Waals surface area contributed by atoms with E-state index in [-0.39, 0.29) is 5.78 Å². The van der Waals surface area contributed by atoms with Gasteiger partial charge in [0.05, 0.1) is 6.54 Å². The molecule has 1 aliphatic heterocycles. The van der Waals surface area contributed by atoms with Crippen LogP contribution >= 0.6 is 27.7 Å². The van der Waals surface area contributed by atoms with Gasteiger partial charge in [-0.15, -0.1) is 0 Å². The Bertz CT molecular complexity index is 428. The molecule has 98 valence electrons. The number of thioether (sulfide) groups is 1. The van der Waals surface area contributed by atoms with E-state index in [0.717, 1.165) is 23.1 Å². The molecule has 0 spiro atoms. The molecular formula is C14H18BrNOS. The molecule has 2 rings (SSSR count). The Morgan fingerprint density at radius 3 is 2.56 bits per heavy atom. The van der Waals surface area contributed by atoms with Gasteiger partial charge >= 0.3 is 0 Å². The second kappa shape index (κ2) is 6.22. The molecule has 1 aliphatic rings. The first kappa shape index (κ1) is 14.1. The Labute approximate surface area is 121 Å². The van der Waals surface area contributed by atoms with Crippen molar-refractivity contribution in [3.63, 3.8) is 0 Å². The molecule has 1 aromatic rings. The van der Waals surface area contributed by atoms with Crippen LogP contribution in [-0.4, -0.2) is 40.8 Å². The molecule has 1 saturated heterocycles. The lowest BCUT2D eigenvalue weighted by atomic mass is 10.1. The third kappa shape index (κ3) is 3.59. The zero-order chi connectivity index (χ0) is 13.1. The highest BCUT2D eigenvalue weighted by Gasteiger charge is 2.24. The lowest BCUT2D eigenvalue weighted by molar-refractivity contribution is 0.0929. The van der Waals surface area contributed by atoms with E-state index in [1.165, 1.54) is 0 Å². The van der Waals surface area contributed by atoms with Gasteiger partial charge < -0.3 is 0 Å². The lowest BCUT2D eigenvalue weighted by Crippen LogP contribution is -2.43. The maximum absolute atomic E-state index is 12.3. The first-order valence-corrected chi connectivity index (χ1v) is 7.95. The summed E-state index contributed by atoms with van der Waals surface area (Å²) in [5.41, 5.74) is 0.788. The molecule has 0 aromatic heterocycles. The summed E-state index contributed by atoms with van der Waals surface area (Å²) in [5, 5.41) is 1.22. The summed E-state index contributed by atoms with van der Waals surface area (Å²) >= 11 is 5.45. The van der Waals surface area contributed by atoms with Crippen LogP contribution < -0.4 is 0 Å². The van der Waals surface area contributed by atoms with Crippen molar-refractivity contribution in [1.82, 2.24) is 4.90 Å². The highest BCUT2D eigenvalue weighted by atomic mass is 79.9. The maximum Gasteiger partial charge on any atom is 0.177 e. The number of Topliss-reactive ketones (excluding diaryl/α,β-unsaturated/α-hetero) is 1. The number of hydrogen-bond acceptors (Lipinski definition) is 3. The minimum Gasteiger partial charge on any atom is -0.294 e. The van der Waals surface area contributed by atoms with Crippen molar-refractivity contribution in [2.75, 3.05) is 19.6 Å². The molecule has 0 aliphatic carbocycles.